The van der Waals surface area contributed by atoms with E-state index in [4.69, 9.17) is 23.7 Å². The van der Waals surface area contributed by atoms with Crippen molar-refractivity contribution in [1.29, 1.82) is 0 Å². The summed E-state index contributed by atoms with van der Waals surface area (Å²) in [6.45, 7) is 5.59. The van der Waals surface area contributed by atoms with Crippen LogP contribution in [0.2, 0.25) is 0 Å². The number of carbonyl (C=O) groups is 2. The maximum Gasteiger partial charge on any atom is 0.340 e. The Bertz CT molecular complexity index is 1360. The first-order chi connectivity index (χ1) is 21.0. The molecule has 2 saturated heterocycles. The number of hydrogen-bond acceptors (Lipinski definition) is 8. The van der Waals surface area contributed by atoms with E-state index in [9.17, 15) is 18.4 Å². The Hall–Kier alpha value is -3.02. The first-order valence-corrected chi connectivity index (χ1v) is 15.6. The van der Waals surface area contributed by atoms with Crippen LogP contribution in [-0.4, -0.2) is 52.0 Å². The molecule has 2 aliphatic heterocycles. The lowest BCUT2D eigenvalue weighted by Gasteiger charge is -2.28. The molecule has 44 heavy (non-hydrogen) atoms. The Kier molecular flexibility index (Phi) is 11.8. The molecule has 0 saturated carbocycles. The van der Waals surface area contributed by atoms with Crippen molar-refractivity contribution in [3.05, 3.63) is 63.1 Å². The highest BCUT2D eigenvalue weighted by atomic mass is 79.9. The molecule has 0 spiro atoms. The number of esters is 2. The molecule has 0 bridgehead atoms. The summed E-state index contributed by atoms with van der Waals surface area (Å²) in [7, 11) is 2.45. The zero-order chi connectivity index (χ0) is 31.9. The predicted molar refractivity (Wildman–Crippen MR) is 163 cm³/mol. The normalized spacial score (nSPS) is 20.9. The van der Waals surface area contributed by atoms with E-state index in [0.717, 1.165) is 68.6 Å². The highest BCUT2D eigenvalue weighted by molar-refractivity contribution is 9.10. The fourth-order valence-corrected chi connectivity index (χ4v) is 5.81. The minimum absolute atomic E-state index is 0.0588. The smallest absolute Gasteiger partial charge is 0.340 e. The number of hydrogen-bond donors (Lipinski definition) is 0. The van der Waals surface area contributed by atoms with Crippen molar-refractivity contribution >= 4 is 33.4 Å². The first kappa shape index (κ1) is 33.9. The minimum atomic E-state index is -0.723. The van der Waals surface area contributed by atoms with Gasteiger partial charge in [-0.1, -0.05) is 19.9 Å². The molecule has 2 atom stereocenters. The molecule has 2 aromatic carbocycles. The van der Waals surface area contributed by atoms with Gasteiger partial charge in [0.25, 0.3) is 0 Å². The number of benzene rings is 2. The third-order valence-electron chi connectivity index (χ3n) is 7.83. The molecule has 0 amide bonds. The van der Waals surface area contributed by atoms with Crippen LogP contribution in [0.3, 0.4) is 0 Å². The summed E-state index contributed by atoms with van der Waals surface area (Å²) in [6, 6.07) is 5.35. The largest absolute Gasteiger partial charge is 0.465 e. The molecule has 2 fully saturated rings. The van der Waals surface area contributed by atoms with Gasteiger partial charge in [0.05, 0.1) is 43.0 Å². The Morgan fingerprint density at radius 3 is 1.82 bits per heavy atom. The Labute approximate surface area is 265 Å². The molecule has 2 heterocycles. The van der Waals surface area contributed by atoms with Gasteiger partial charge in [-0.25, -0.2) is 18.4 Å². The van der Waals surface area contributed by atoms with Gasteiger partial charge >= 0.3 is 11.9 Å². The van der Waals surface area contributed by atoms with Crippen LogP contribution in [0.4, 0.5) is 8.78 Å². The average Bonchev–Trinajstić information content (AvgIpc) is 3.38. The maximum absolute atomic E-state index is 14.5. The lowest BCUT2D eigenvalue weighted by Crippen LogP contribution is -2.26. The third kappa shape index (κ3) is 8.37. The SMILES string of the molecule is COC(=O)c1cc(Br)c(OC2CCCCO2)cc1F.COC(=O)c1cc(C2=CCCC2(C)C)c(OC2CCCCO2)cc1F. The van der Waals surface area contributed by atoms with E-state index < -0.39 is 23.6 Å². The van der Waals surface area contributed by atoms with Gasteiger partial charge in [0.1, 0.15) is 23.1 Å². The van der Waals surface area contributed by atoms with Gasteiger partial charge in [0.2, 0.25) is 0 Å². The Balaban J connectivity index is 0.000000209. The second kappa shape index (κ2) is 15.3. The maximum atomic E-state index is 14.5. The Morgan fingerprint density at radius 2 is 1.34 bits per heavy atom. The van der Waals surface area contributed by atoms with Crippen molar-refractivity contribution in [2.24, 2.45) is 5.41 Å². The molecular formula is C33H39BrF2O8. The summed E-state index contributed by atoms with van der Waals surface area (Å²) in [5.41, 5.74) is 1.56. The molecule has 0 radical (unpaired) electrons. The van der Waals surface area contributed by atoms with Crippen molar-refractivity contribution in [3.8, 4) is 11.5 Å². The molecule has 240 valence electrons. The topological polar surface area (TPSA) is 89.5 Å². The molecule has 0 N–H and O–H groups in total. The average molecular weight is 682 g/mol. The minimum Gasteiger partial charge on any atom is -0.465 e. The van der Waals surface area contributed by atoms with E-state index in [2.05, 4.69) is 40.6 Å². The summed E-state index contributed by atoms with van der Waals surface area (Å²) < 4.78 is 60.6. The molecule has 2 unspecified atom stereocenters. The number of rotatable bonds is 7. The molecule has 11 heteroatoms. The summed E-state index contributed by atoms with van der Waals surface area (Å²) in [4.78, 5) is 23.3. The molecule has 3 aliphatic rings. The molecule has 2 aromatic rings. The van der Waals surface area contributed by atoms with Crippen molar-refractivity contribution < 1.29 is 46.8 Å². The zero-order valence-electron chi connectivity index (χ0n) is 25.5. The van der Waals surface area contributed by atoms with Gasteiger partial charge in [-0.05, 0) is 77.6 Å². The van der Waals surface area contributed by atoms with Crippen molar-refractivity contribution in [2.75, 3.05) is 27.4 Å². The van der Waals surface area contributed by atoms with Crippen LogP contribution in [0, 0.1) is 17.0 Å². The zero-order valence-corrected chi connectivity index (χ0v) is 27.1. The van der Waals surface area contributed by atoms with Crippen LogP contribution >= 0.6 is 15.9 Å². The Morgan fingerprint density at radius 1 is 0.818 bits per heavy atom. The second-order valence-electron chi connectivity index (χ2n) is 11.4. The van der Waals surface area contributed by atoms with E-state index in [1.807, 2.05) is 0 Å². The van der Waals surface area contributed by atoms with Gasteiger partial charge in [-0.2, -0.15) is 0 Å². The van der Waals surface area contributed by atoms with E-state index in [-0.39, 0.29) is 29.1 Å². The first-order valence-electron chi connectivity index (χ1n) is 14.8. The van der Waals surface area contributed by atoms with Gasteiger partial charge < -0.3 is 28.4 Å². The molecular weight excluding hydrogens is 642 g/mol. The fourth-order valence-electron chi connectivity index (χ4n) is 5.37. The fraction of sp³-hybridized carbons (Fsp3) is 0.515. The van der Waals surface area contributed by atoms with Gasteiger partial charge in [0.15, 0.2) is 12.6 Å². The lowest BCUT2D eigenvalue weighted by molar-refractivity contribution is -0.106. The molecule has 0 aromatic heterocycles. The monoisotopic (exact) mass is 680 g/mol. The van der Waals surface area contributed by atoms with E-state index in [1.54, 1.807) is 6.07 Å². The van der Waals surface area contributed by atoms with E-state index in [0.29, 0.717) is 29.2 Å². The summed E-state index contributed by atoms with van der Waals surface area (Å²) in [5.74, 6) is -1.98. The van der Waals surface area contributed by atoms with Crippen molar-refractivity contribution in [2.45, 2.75) is 77.8 Å². The summed E-state index contributed by atoms with van der Waals surface area (Å²) in [6.07, 6.45) is 8.98. The second-order valence-corrected chi connectivity index (χ2v) is 12.3. The van der Waals surface area contributed by atoms with Crippen LogP contribution in [-0.2, 0) is 18.9 Å². The van der Waals surface area contributed by atoms with E-state index in [1.165, 1.54) is 26.4 Å². The van der Waals surface area contributed by atoms with Crippen LogP contribution in [0.15, 0.2) is 34.8 Å². The number of ether oxygens (including phenoxy) is 6. The quantitative estimate of drug-likeness (QED) is 0.272. The van der Waals surface area contributed by atoms with Gasteiger partial charge in [0, 0.05) is 30.5 Å². The van der Waals surface area contributed by atoms with Crippen LogP contribution in [0.5, 0.6) is 11.5 Å². The van der Waals surface area contributed by atoms with Crippen LogP contribution in [0.1, 0.15) is 91.5 Å². The summed E-state index contributed by atoms with van der Waals surface area (Å²) >= 11 is 3.25. The van der Waals surface area contributed by atoms with Gasteiger partial charge in [-0.15, -0.1) is 0 Å². The van der Waals surface area contributed by atoms with Crippen molar-refractivity contribution in [1.82, 2.24) is 0 Å². The molecule has 1 aliphatic carbocycles. The van der Waals surface area contributed by atoms with Crippen LogP contribution in [0.25, 0.3) is 5.57 Å². The molecule has 5 rings (SSSR count). The molecule has 8 nitrogen and oxygen atoms in total. The number of carbonyl (C=O) groups excluding carboxylic acids is 2. The summed E-state index contributed by atoms with van der Waals surface area (Å²) in [5, 5.41) is 0. The van der Waals surface area contributed by atoms with Crippen LogP contribution < -0.4 is 9.47 Å². The standard InChI is InChI=1S/C20H25FO4.C13H14BrFO4/c1-20(2)9-6-7-15(20)13-11-14(19(22)23-3)16(21)12-17(13)25-18-8-4-5-10-24-18;1-17-13(16)8-6-9(14)11(7-10(8)15)19-12-4-2-3-5-18-12/h7,11-12,18H,4-6,8-10H2,1-3H3;6-7,12H,2-5H2,1H3. The highest BCUT2D eigenvalue weighted by Crippen LogP contribution is 2.47. The number of halogens is 3. The van der Waals surface area contributed by atoms with Gasteiger partial charge in [-0.3, -0.25) is 0 Å². The third-order valence-corrected chi connectivity index (χ3v) is 8.45. The lowest BCUT2D eigenvalue weighted by atomic mass is 9.81. The van der Waals surface area contributed by atoms with Crippen molar-refractivity contribution in [3.63, 3.8) is 0 Å². The highest BCUT2D eigenvalue weighted by Gasteiger charge is 2.32. The number of allylic oxidation sites excluding steroid dienone is 2. The number of methoxy groups -OCH3 is 2. The van der Waals surface area contributed by atoms with E-state index >= 15 is 0 Å². The predicted octanol–water partition coefficient (Wildman–Crippen LogP) is 8.00.